The number of amides is 2. The van der Waals surface area contributed by atoms with Gasteiger partial charge < -0.3 is 20.5 Å². The first-order valence-electron chi connectivity index (χ1n) is 13.5. The molecule has 3 aromatic rings. The number of rotatable bonds is 8. The van der Waals surface area contributed by atoms with Crippen LogP contribution >= 0.6 is 0 Å². The van der Waals surface area contributed by atoms with Crippen molar-refractivity contribution in [2.45, 2.75) is 51.0 Å². The number of carboxylic acids is 1. The highest BCUT2D eigenvalue weighted by atomic mass is 16.5. The third-order valence-corrected chi connectivity index (χ3v) is 7.82. The predicted molar refractivity (Wildman–Crippen MR) is 145 cm³/mol. The summed E-state index contributed by atoms with van der Waals surface area (Å²) in [7, 11) is 0. The van der Waals surface area contributed by atoms with E-state index in [9.17, 15) is 19.5 Å². The summed E-state index contributed by atoms with van der Waals surface area (Å²) in [5, 5.41) is 17.2. The molecule has 198 valence electrons. The third-order valence-electron chi connectivity index (χ3n) is 7.82. The highest BCUT2D eigenvalue weighted by Crippen LogP contribution is 2.32. The first-order chi connectivity index (χ1) is 18.5. The molecule has 2 aliphatic carbocycles. The van der Waals surface area contributed by atoms with E-state index in [2.05, 4.69) is 22.8 Å². The van der Waals surface area contributed by atoms with Crippen molar-refractivity contribution >= 4 is 28.6 Å². The monoisotopic (exact) mass is 514 g/mol. The molecule has 0 heterocycles. The number of aliphatic carboxylic acids is 1. The number of carboxylic acid groups (broad SMARTS) is 1. The van der Waals surface area contributed by atoms with Gasteiger partial charge in [-0.05, 0) is 91.1 Å². The first kappa shape index (κ1) is 25.8. The maximum atomic E-state index is 12.8. The molecule has 1 atom stereocenters. The van der Waals surface area contributed by atoms with Crippen LogP contribution in [0.25, 0.3) is 10.8 Å². The number of benzene rings is 3. The van der Waals surface area contributed by atoms with Gasteiger partial charge in [0.05, 0.1) is 12.0 Å². The highest BCUT2D eigenvalue weighted by Gasteiger charge is 2.28. The molecule has 2 aliphatic rings. The van der Waals surface area contributed by atoms with E-state index in [-0.39, 0.29) is 29.8 Å². The molecular formula is C31H34N2O5. The molecule has 1 fully saturated rings. The zero-order valence-electron chi connectivity index (χ0n) is 21.4. The summed E-state index contributed by atoms with van der Waals surface area (Å²) in [5.41, 5.74) is 2.99. The van der Waals surface area contributed by atoms with Gasteiger partial charge in [-0.15, -0.1) is 0 Å². The number of carbonyl (C=O) groups excluding carboxylic acids is 2. The number of carbonyl (C=O) groups is 3. The molecule has 1 unspecified atom stereocenters. The van der Waals surface area contributed by atoms with E-state index < -0.39 is 5.97 Å². The van der Waals surface area contributed by atoms with Gasteiger partial charge in [0.1, 0.15) is 5.75 Å². The van der Waals surface area contributed by atoms with Crippen molar-refractivity contribution in [2.24, 2.45) is 11.8 Å². The molecule has 0 bridgehead atoms. The minimum atomic E-state index is -0.707. The molecule has 2 amide bonds. The van der Waals surface area contributed by atoms with Gasteiger partial charge in [0.15, 0.2) is 0 Å². The van der Waals surface area contributed by atoms with Crippen LogP contribution in [0.4, 0.5) is 0 Å². The van der Waals surface area contributed by atoms with Gasteiger partial charge in [-0.1, -0.05) is 36.4 Å². The molecule has 0 spiro atoms. The van der Waals surface area contributed by atoms with Crippen molar-refractivity contribution in [2.75, 3.05) is 13.1 Å². The average molecular weight is 515 g/mol. The van der Waals surface area contributed by atoms with E-state index >= 15 is 0 Å². The lowest BCUT2D eigenvalue weighted by atomic mass is 9.83. The van der Waals surface area contributed by atoms with Gasteiger partial charge in [-0.25, -0.2) is 0 Å². The smallest absolute Gasteiger partial charge is 0.306 e. The second-order valence-electron chi connectivity index (χ2n) is 10.4. The number of hydrogen-bond acceptors (Lipinski definition) is 4. The molecule has 3 N–H and O–H groups in total. The van der Waals surface area contributed by atoms with Crippen LogP contribution in [-0.2, 0) is 22.4 Å². The van der Waals surface area contributed by atoms with Gasteiger partial charge >= 0.3 is 5.97 Å². The van der Waals surface area contributed by atoms with Gasteiger partial charge in [0.2, 0.25) is 5.91 Å². The lowest BCUT2D eigenvalue weighted by Crippen LogP contribution is -2.39. The summed E-state index contributed by atoms with van der Waals surface area (Å²) >= 11 is 0. The Morgan fingerprint density at radius 3 is 2.34 bits per heavy atom. The summed E-state index contributed by atoms with van der Waals surface area (Å²) in [5.74, 6) is -0.344. The van der Waals surface area contributed by atoms with Crippen molar-refractivity contribution in [3.8, 4) is 5.75 Å². The largest absolute Gasteiger partial charge is 0.490 e. The van der Waals surface area contributed by atoms with Crippen molar-refractivity contribution < 1.29 is 24.2 Å². The van der Waals surface area contributed by atoms with Gasteiger partial charge in [0, 0.05) is 24.6 Å². The van der Waals surface area contributed by atoms with Crippen molar-refractivity contribution in [1.82, 2.24) is 10.6 Å². The van der Waals surface area contributed by atoms with Gasteiger partial charge in [-0.3, -0.25) is 14.4 Å². The Hall–Kier alpha value is -3.87. The van der Waals surface area contributed by atoms with E-state index in [1.54, 1.807) is 0 Å². The predicted octanol–water partition coefficient (Wildman–Crippen LogP) is 4.51. The quantitative estimate of drug-likeness (QED) is 0.384. The minimum absolute atomic E-state index is 0.0196. The van der Waals surface area contributed by atoms with Crippen LogP contribution in [0.5, 0.6) is 5.75 Å². The Morgan fingerprint density at radius 1 is 0.789 bits per heavy atom. The van der Waals surface area contributed by atoms with Crippen LogP contribution in [-0.4, -0.2) is 42.1 Å². The van der Waals surface area contributed by atoms with E-state index in [1.807, 2.05) is 48.5 Å². The van der Waals surface area contributed by atoms with E-state index in [0.717, 1.165) is 42.2 Å². The molecule has 0 saturated heterocycles. The Bertz CT molecular complexity index is 1330. The standard InChI is InChI=1S/C31H34N2O5/c34-29(25-7-5-20-3-1-2-4-22(20)17-25)32-15-16-33-30(35)26-8-6-24-19-28(14-11-23(24)18-26)38-27-12-9-21(10-13-27)31(36)37/h1-5,7,11,14,17,19,21,26-27H,6,8-10,12-13,15-16,18H2,(H,32,34)(H,33,35)(H,36,37). The molecule has 38 heavy (non-hydrogen) atoms. The molecule has 0 radical (unpaired) electrons. The zero-order chi connectivity index (χ0) is 26.5. The molecule has 0 aromatic heterocycles. The lowest BCUT2D eigenvalue weighted by Gasteiger charge is -2.28. The summed E-state index contributed by atoms with van der Waals surface area (Å²) in [4.78, 5) is 36.5. The summed E-state index contributed by atoms with van der Waals surface area (Å²) in [6.45, 7) is 0.758. The fraction of sp³-hybridized carbons (Fsp3) is 0.387. The van der Waals surface area contributed by atoms with Crippen LogP contribution in [0.1, 0.15) is 53.6 Å². The van der Waals surface area contributed by atoms with Crippen LogP contribution in [0.3, 0.4) is 0 Å². The number of ether oxygens (including phenoxy) is 1. The molecule has 3 aromatic carbocycles. The molecule has 1 saturated carbocycles. The van der Waals surface area contributed by atoms with Crippen molar-refractivity contribution in [3.63, 3.8) is 0 Å². The maximum absolute atomic E-state index is 12.8. The fourth-order valence-corrected chi connectivity index (χ4v) is 5.59. The maximum Gasteiger partial charge on any atom is 0.306 e. The first-order valence-corrected chi connectivity index (χ1v) is 13.5. The van der Waals surface area contributed by atoms with E-state index in [4.69, 9.17) is 4.74 Å². The van der Waals surface area contributed by atoms with E-state index in [0.29, 0.717) is 37.9 Å². The van der Waals surface area contributed by atoms with Crippen molar-refractivity contribution in [3.05, 3.63) is 77.4 Å². The minimum Gasteiger partial charge on any atom is -0.490 e. The SMILES string of the molecule is O=C(NCCNC(=O)C1CCc2cc(OC3CCC(C(=O)O)CC3)ccc2C1)c1ccc2ccccc2c1. The Kier molecular flexibility index (Phi) is 7.91. The van der Waals surface area contributed by atoms with Crippen LogP contribution in [0.15, 0.2) is 60.7 Å². The molecule has 7 heteroatoms. The second-order valence-corrected chi connectivity index (χ2v) is 10.4. The molecule has 0 aliphatic heterocycles. The molecule has 7 nitrogen and oxygen atoms in total. The topological polar surface area (TPSA) is 105 Å². The number of aryl methyl sites for hydroxylation is 1. The fourth-order valence-electron chi connectivity index (χ4n) is 5.59. The van der Waals surface area contributed by atoms with Gasteiger partial charge in [-0.2, -0.15) is 0 Å². The van der Waals surface area contributed by atoms with Crippen LogP contribution < -0.4 is 15.4 Å². The number of fused-ring (bicyclic) bond motifs is 2. The van der Waals surface area contributed by atoms with Crippen LogP contribution in [0, 0.1) is 11.8 Å². The van der Waals surface area contributed by atoms with Crippen LogP contribution in [0.2, 0.25) is 0 Å². The number of nitrogens with one attached hydrogen (secondary N) is 2. The normalized spacial score (nSPS) is 20.8. The Balaban J connectivity index is 1.06. The third kappa shape index (κ3) is 6.15. The van der Waals surface area contributed by atoms with Crippen molar-refractivity contribution in [1.29, 1.82) is 0 Å². The number of hydrogen-bond donors (Lipinski definition) is 3. The second kappa shape index (κ2) is 11.7. The molecular weight excluding hydrogens is 480 g/mol. The average Bonchev–Trinajstić information content (AvgIpc) is 2.94. The summed E-state index contributed by atoms with van der Waals surface area (Å²) in [6.07, 6.45) is 5.19. The summed E-state index contributed by atoms with van der Waals surface area (Å²) in [6, 6.07) is 19.6. The van der Waals surface area contributed by atoms with Gasteiger partial charge in [0.25, 0.3) is 5.91 Å². The lowest BCUT2D eigenvalue weighted by molar-refractivity contribution is -0.143. The Labute approximate surface area is 222 Å². The summed E-state index contributed by atoms with van der Waals surface area (Å²) < 4.78 is 6.15. The zero-order valence-corrected chi connectivity index (χ0v) is 21.4. The Morgan fingerprint density at radius 2 is 1.55 bits per heavy atom. The van der Waals surface area contributed by atoms with E-state index in [1.165, 1.54) is 11.1 Å². The molecule has 5 rings (SSSR count). The highest BCUT2D eigenvalue weighted by molar-refractivity contribution is 5.98.